The number of ether oxygens (including phenoxy) is 1. The molecule has 122 valence electrons. The topological polar surface area (TPSA) is 45.7 Å². The number of halogens is 1. The van der Waals surface area contributed by atoms with Crippen molar-refractivity contribution in [2.75, 3.05) is 13.1 Å². The van der Waals surface area contributed by atoms with Crippen molar-refractivity contribution in [2.24, 2.45) is 4.99 Å². The standard InChI is InChI=1S/C18H21N3O.HI/c1-14-8-9-15(13-21-18-19-10-5-11-20-18)17(12-14)22-16-6-3-2-4-7-16;/h2-4,6-9,12H,5,10-11,13H2,1H3,(H2,19,20,21);1H. The molecule has 0 saturated carbocycles. The fourth-order valence-corrected chi connectivity index (χ4v) is 2.35. The zero-order valence-corrected chi connectivity index (χ0v) is 15.5. The Morgan fingerprint density at radius 3 is 2.74 bits per heavy atom. The molecule has 1 aliphatic heterocycles. The minimum atomic E-state index is 0. The molecule has 0 bridgehead atoms. The summed E-state index contributed by atoms with van der Waals surface area (Å²) in [6, 6.07) is 16.1. The summed E-state index contributed by atoms with van der Waals surface area (Å²) in [5.41, 5.74) is 2.30. The van der Waals surface area contributed by atoms with E-state index in [1.807, 2.05) is 30.3 Å². The first-order chi connectivity index (χ1) is 10.8. The number of para-hydroxylation sites is 1. The second-order valence-corrected chi connectivity index (χ2v) is 5.39. The molecule has 5 heteroatoms. The highest BCUT2D eigenvalue weighted by molar-refractivity contribution is 14.0. The van der Waals surface area contributed by atoms with Gasteiger partial charge in [0.25, 0.3) is 0 Å². The van der Waals surface area contributed by atoms with E-state index in [0.29, 0.717) is 6.54 Å². The summed E-state index contributed by atoms with van der Waals surface area (Å²) in [5.74, 6) is 2.61. The van der Waals surface area contributed by atoms with Gasteiger partial charge in [0.15, 0.2) is 5.96 Å². The zero-order chi connectivity index (χ0) is 15.2. The van der Waals surface area contributed by atoms with Crippen LogP contribution in [0.5, 0.6) is 11.5 Å². The van der Waals surface area contributed by atoms with E-state index >= 15 is 0 Å². The molecular formula is C18H22IN3O. The summed E-state index contributed by atoms with van der Waals surface area (Å²) in [6.07, 6.45) is 1.10. The molecule has 0 amide bonds. The molecule has 2 aromatic rings. The third kappa shape index (κ3) is 5.13. The fraction of sp³-hybridized carbons (Fsp3) is 0.278. The molecule has 3 rings (SSSR count). The van der Waals surface area contributed by atoms with Gasteiger partial charge >= 0.3 is 0 Å². The second-order valence-electron chi connectivity index (χ2n) is 5.39. The third-order valence-corrected chi connectivity index (χ3v) is 3.54. The lowest BCUT2D eigenvalue weighted by Gasteiger charge is -2.17. The predicted molar refractivity (Wildman–Crippen MR) is 105 cm³/mol. The molecule has 2 aromatic carbocycles. The van der Waals surface area contributed by atoms with Crippen LogP contribution in [0.25, 0.3) is 0 Å². The van der Waals surface area contributed by atoms with Gasteiger partial charge in [-0.2, -0.15) is 0 Å². The van der Waals surface area contributed by atoms with Crippen molar-refractivity contribution >= 4 is 29.9 Å². The predicted octanol–water partition coefficient (Wildman–Crippen LogP) is 3.84. The summed E-state index contributed by atoms with van der Waals surface area (Å²) >= 11 is 0. The minimum Gasteiger partial charge on any atom is -0.457 e. The number of hydrogen-bond donors (Lipinski definition) is 2. The molecule has 0 radical (unpaired) electrons. The number of nitrogens with zero attached hydrogens (tertiary/aromatic N) is 1. The molecule has 4 nitrogen and oxygen atoms in total. The lowest BCUT2D eigenvalue weighted by molar-refractivity contribution is 0.474. The number of nitrogens with one attached hydrogen (secondary N) is 2. The van der Waals surface area contributed by atoms with Crippen LogP contribution in [-0.4, -0.2) is 19.0 Å². The maximum atomic E-state index is 6.03. The highest BCUT2D eigenvalue weighted by Gasteiger charge is 2.08. The summed E-state index contributed by atoms with van der Waals surface area (Å²) in [6.45, 7) is 4.62. The Kier molecular flexibility index (Phi) is 6.70. The van der Waals surface area contributed by atoms with Gasteiger partial charge in [0.1, 0.15) is 11.5 Å². The average Bonchev–Trinajstić information content (AvgIpc) is 2.56. The molecule has 1 heterocycles. The molecule has 23 heavy (non-hydrogen) atoms. The van der Waals surface area contributed by atoms with Crippen molar-refractivity contribution < 1.29 is 4.74 Å². The summed E-state index contributed by atoms with van der Waals surface area (Å²) in [4.78, 5) is 4.43. The van der Waals surface area contributed by atoms with Crippen LogP contribution < -0.4 is 15.4 Å². The first kappa shape index (κ1) is 17.6. The van der Waals surface area contributed by atoms with Crippen molar-refractivity contribution in [3.8, 4) is 11.5 Å². The average molecular weight is 423 g/mol. The minimum absolute atomic E-state index is 0. The van der Waals surface area contributed by atoms with E-state index in [9.17, 15) is 0 Å². The first-order valence-electron chi connectivity index (χ1n) is 7.66. The molecule has 0 unspecified atom stereocenters. The maximum Gasteiger partial charge on any atom is 0.191 e. The normalized spacial score (nSPS) is 13.3. The second kappa shape index (κ2) is 8.76. The van der Waals surface area contributed by atoms with E-state index in [1.54, 1.807) is 0 Å². The van der Waals surface area contributed by atoms with Crippen LogP contribution in [0.15, 0.2) is 53.5 Å². The summed E-state index contributed by atoms with van der Waals surface area (Å²) < 4.78 is 6.03. The van der Waals surface area contributed by atoms with Gasteiger partial charge in [-0.25, -0.2) is 0 Å². The van der Waals surface area contributed by atoms with Gasteiger partial charge in [-0.05, 0) is 37.1 Å². The van der Waals surface area contributed by atoms with Crippen LogP contribution >= 0.6 is 24.0 Å². The van der Waals surface area contributed by atoms with Gasteiger partial charge in [-0.1, -0.05) is 30.3 Å². The van der Waals surface area contributed by atoms with Crippen molar-refractivity contribution in [1.82, 2.24) is 10.6 Å². The zero-order valence-electron chi connectivity index (χ0n) is 13.2. The molecular weight excluding hydrogens is 401 g/mol. The number of guanidine groups is 1. The van der Waals surface area contributed by atoms with Gasteiger partial charge in [0, 0.05) is 25.2 Å². The SMILES string of the molecule is Cc1ccc(CNC2=NCCCN2)c(Oc2ccccc2)c1.I. The van der Waals surface area contributed by atoms with E-state index in [1.165, 1.54) is 5.56 Å². The number of hydrogen-bond acceptors (Lipinski definition) is 4. The van der Waals surface area contributed by atoms with Crippen LogP contribution in [0.3, 0.4) is 0 Å². The van der Waals surface area contributed by atoms with Crippen molar-refractivity contribution in [3.05, 3.63) is 59.7 Å². The molecule has 0 saturated heterocycles. The molecule has 0 aliphatic carbocycles. The maximum absolute atomic E-state index is 6.03. The number of benzene rings is 2. The van der Waals surface area contributed by atoms with E-state index in [2.05, 4.69) is 40.7 Å². The Morgan fingerprint density at radius 1 is 1.17 bits per heavy atom. The molecule has 0 aromatic heterocycles. The molecule has 1 aliphatic rings. The van der Waals surface area contributed by atoms with Crippen LogP contribution in [0.2, 0.25) is 0 Å². The number of rotatable bonds is 4. The Hall–Kier alpha value is -1.76. The molecule has 0 spiro atoms. The Balaban J connectivity index is 0.00000192. The van der Waals surface area contributed by atoms with Gasteiger partial charge in [0.2, 0.25) is 0 Å². The number of aryl methyl sites for hydroxylation is 1. The van der Waals surface area contributed by atoms with Crippen LogP contribution in [-0.2, 0) is 6.54 Å². The lowest BCUT2D eigenvalue weighted by atomic mass is 10.1. The fourth-order valence-electron chi connectivity index (χ4n) is 2.35. The molecule has 0 atom stereocenters. The van der Waals surface area contributed by atoms with Crippen LogP contribution in [0, 0.1) is 6.92 Å². The van der Waals surface area contributed by atoms with Crippen LogP contribution in [0.1, 0.15) is 17.5 Å². The van der Waals surface area contributed by atoms with Crippen molar-refractivity contribution in [2.45, 2.75) is 19.9 Å². The number of aliphatic imine (C=N–C) groups is 1. The van der Waals surface area contributed by atoms with E-state index in [4.69, 9.17) is 4.74 Å². The van der Waals surface area contributed by atoms with E-state index < -0.39 is 0 Å². The van der Waals surface area contributed by atoms with Crippen molar-refractivity contribution in [3.63, 3.8) is 0 Å². The van der Waals surface area contributed by atoms with Crippen molar-refractivity contribution in [1.29, 1.82) is 0 Å². The highest BCUT2D eigenvalue weighted by atomic mass is 127. The van der Waals surface area contributed by atoms with Gasteiger partial charge in [-0.15, -0.1) is 24.0 Å². The van der Waals surface area contributed by atoms with E-state index in [0.717, 1.165) is 42.5 Å². The molecule has 2 N–H and O–H groups in total. The molecule has 0 fully saturated rings. The van der Waals surface area contributed by atoms with E-state index in [-0.39, 0.29) is 24.0 Å². The Morgan fingerprint density at radius 2 is 2.00 bits per heavy atom. The summed E-state index contributed by atoms with van der Waals surface area (Å²) in [5, 5.41) is 6.61. The lowest BCUT2D eigenvalue weighted by Crippen LogP contribution is -2.40. The van der Waals surface area contributed by atoms with Gasteiger partial charge in [0.05, 0.1) is 0 Å². The summed E-state index contributed by atoms with van der Waals surface area (Å²) in [7, 11) is 0. The first-order valence-corrected chi connectivity index (χ1v) is 7.66. The van der Waals surface area contributed by atoms with Gasteiger partial charge < -0.3 is 15.4 Å². The monoisotopic (exact) mass is 423 g/mol. The smallest absolute Gasteiger partial charge is 0.191 e. The van der Waals surface area contributed by atoms with Crippen LogP contribution in [0.4, 0.5) is 0 Å². The van der Waals surface area contributed by atoms with Gasteiger partial charge in [-0.3, -0.25) is 4.99 Å². The highest BCUT2D eigenvalue weighted by Crippen LogP contribution is 2.26. The quantitative estimate of drug-likeness (QED) is 0.735. The largest absolute Gasteiger partial charge is 0.457 e. The Bertz CT molecular complexity index is 659. The third-order valence-electron chi connectivity index (χ3n) is 3.54. The Labute approximate surface area is 154 Å².